The lowest BCUT2D eigenvalue weighted by molar-refractivity contribution is -0.160. The summed E-state index contributed by atoms with van der Waals surface area (Å²) in [5, 5.41) is 3.03. The van der Waals surface area contributed by atoms with Gasteiger partial charge in [-0.15, -0.1) is 0 Å². The molecule has 15 nitrogen and oxygen atoms in total. The van der Waals surface area contributed by atoms with Crippen molar-refractivity contribution in [3.05, 3.63) is 63.6 Å². The van der Waals surface area contributed by atoms with Crippen LogP contribution in [0, 0.1) is 18.8 Å². The summed E-state index contributed by atoms with van der Waals surface area (Å²) in [5.41, 5.74) is 4.72. The number of ether oxygens (including phenoxy) is 2. The first kappa shape index (κ1) is 44.8. The number of piperidine rings is 3. The summed E-state index contributed by atoms with van der Waals surface area (Å²) >= 11 is 0. The predicted molar refractivity (Wildman–Crippen MR) is 224 cm³/mol. The number of nitrogens with zero attached hydrogens (tertiary/aromatic N) is 5. The van der Waals surface area contributed by atoms with Gasteiger partial charge in [0.1, 0.15) is 0 Å². The summed E-state index contributed by atoms with van der Waals surface area (Å²) in [4.78, 5) is 81.9. The first-order valence-corrected chi connectivity index (χ1v) is 20.8. The van der Waals surface area contributed by atoms with Gasteiger partial charge in [-0.05, 0) is 99.5 Å². The molecule has 3 saturated heterocycles. The number of carbonyl (C=O) groups excluding carboxylic acids is 5. The second-order valence-corrected chi connectivity index (χ2v) is 16.2. The minimum absolute atomic E-state index is 0. The Morgan fingerprint density at radius 1 is 0.847 bits per heavy atom. The molecule has 7 rings (SSSR count). The Balaban J connectivity index is 0.000000376. The van der Waals surface area contributed by atoms with Crippen molar-refractivity contribution in [2.75, 3.05) is 57.7 Å². The largest absolute Gasteiger partial charge is 0.459 e. The van der Waals surface area contributed by atoms with Crippen molar-refractivity contribution in [2.45, 2.75) is 98.6 Å². The fourth-order valence-electron chi connectivity index (χ4n) is 8.35. The van der Waals surface area contributed by atoms with Crippen LogP contribution in [-0.4, -0.2) is 119 Å². The number of aryl methyl sites for hydroxylation is 2. The highest BCUT2D eigenvalue weighted by Crippen LogP contribution is 2.27. The number of benzene rings is 2. The topological polar surface area (TPSA) is 164 Å². The summed E-state index contributed by atoms with van der Waals surface area (Å²) in [6.45, 7) is 12.3. The maximum Gasteiger partial charge on any atom is 0.419 e. The highest BCUT2D eigenvalue weighted by atomic mass is 16.6. The van der Waals surface area contributed by atoms with Gasteiger partial charge in [-0.3, -0.25) is 14.2 Å². The third kappa shape index (κ3) is 10.8. The normalized spacial score (nSPS) is 18.4. The Labute approximate surface area is 346 Å². The number of para-hydroxylation sites is 1. The Kier molecular flexibility index (Phi) is 15.2. The van der Waals surface area contributed by atoms with E-state index in [9.17, 15) is 28.8 Å². The zero-order valence-electron chi connectivity index (χ0n) is 34.5. The molecule has 3 aromatic rings. The molecule has 4 aliphatic rings. The van der Waals surface area contributed by atoms with Crippen LogP contribution in [0.15, 0.2) is 45.6 Å². The molecule has 4 aliphatic heterocycles. The SMILES string of the molecule is C.CCOC(=O)C(=O)N1CCC(C)CC1.Cc1cc(C[C@@H](OC(=O)N2CCC(N3CCc4ccccc4NC3=O)CC2)C(=O)N2CCC(C)CC2)cc2oc(=O)n(C)c12. The number of carbonyl (C=O) groups is 5. The van der Waals surface area contributed by atoms with Gasteiger partial charge < -0.3 is 38.8 Å². The minimum Gasteiger partial charge on any atom is -0.459 e. The molecule has 15 heteroatoms. The number of amides is 5. The Morgan fingerprint density at radius 2 is 1.46 bits per heavy atom. The molecular weight excluding hydrogens is 757 g/mol. The molecule has 2 aromatic carbocycles. The van der Waals surface area contributed by atoms with Crippen LogP contribution in [0.2, 0.25) is 0 Å². The first-order valence-electron chi connectivity index (χ1n) is 20.8. The number of hydrogen-bond acceptors (Lipinski definition) is 9. The van der Waals surface area contributed by atoms with E-state index in [0.29, 0.717) is 81.6 Å². The smallest absolute Gasteiger partial charge is 0.419 e. The van der Waals surface area contributed by atoms with E-state index in [4.69, 9.17) is 9.15 Å². The maximum atomic E-state index is 13.8. The van der Waals surface area contributed by atoms with Gasteiger partial charge in [0.25, 0.3) is 5.91 Å². The van der Waals surface area contributed by atoms with Crippen molar-refractivity contribution >= 4 is 46.7 Å². The number of likely N-dealkylation sites (tertiary alicyclic amines) is 3. The van der Waals surface area contributed by atoms with Crippen LogP contribution in [0.4, 0.5) is 15.3 Å². The monoisotopic (exact) mass is 818 g/mol. The van der Waals surface area contributed by atoms with E-state index in [1.807, 2.05) is 42.2 Å². The van der Waals surface area contributed by atoms with Gasteiger partial charge in [0.2, 0.25) is 0 Å². The van der Waals surface area contributed by atoms with Gasteiger partial charge in [0, 0.05) is 71.0 Å². The number of hydrogen-bond donors (Lipinski definition) is 1. The van der Waals surface area contributed by atoms with Crippen LogP contribution in [0.5, 0.6) is 0 Å². The molecule has 1 N–H and O–H groups in total. The Hall–Kier alpha value is -5.34. The lowest BCUT2D eigenvalue weighted by Crippen LogP contribution is -2.51. The molecule has 3 fully saturated rings. The summed E-state index contributed by atoms with van der Waals surface area (Å²) in [5.74, 6) is -0.657. The average Bonchev–Trinajstić information content (AvgIpc) is 3.39. The first-order chi connectivity index (χ1) is 27.8. The third-order valence-corrected chi connectivity index (χ3v) is 12.0. The van der Waals surface area contributed by atoms with Crippen LogP contribution in [-0.2, 0) is 43.7 Å². The zero-order valence-corrected chi connectivity index (χ0v) is 34.5. The number of esters is 1. The Morgan fingerprint density at radius 3 is 2.10 bits per heavy atom. The molecule has 1 atom stereocenters. The molecule has 0 radical (unpaired) electrons. The highest BCUT2D eigenvalue weighted by molar-refractivity contribution is 6.32. The van der Waals surface area contributed by atoms with Gasteiger partial charge in [-0.1, -0.05) is 45.5 Å². The molecular formula is C44H62N6O9. The number of rotatable bonds is 6. The number of urea groups is 1. The van der Waals surface area contributed by atoms with Crippen LogP contribution in [0.25, 0.3) is 11.1 Å². The number of fused-ring (bicyclic) bond motifs is 2. The number of anilines is 1. The number of nitrogens with one attached hydrogen (secondary N) is 1. The highest BCUT2D eigenvalue weighted by Gasteiger charge is 2.35. The minimum atomic E-state index is -1.00. The summed E-state index contributed by atoms with van der Waals surface area (Å²) in [7, 11) is 1.66. The second kappa shape index (κ2) is 20.1. The van der Waals surface area contributed by atoms with Crippen LogP contribution in [0.1, 0.15) is 83.4 Å². The van der Waals surface area contributed by atoms with Gasteiger partial charge in [0.05, 0.1) is 12.1 Å². The summed E-state index contributed by atoms with van der Waals surface area (Å²) < 4.78 is 17.5. The molecule has 0 spiro atoms. The molecule has 0 saturated carbocycles. The molecule has 5 heterocycles. The standard InChI is InChI=1S/C33H41N5O6.C10H17NO3.CH4/c1-21-8-13-36(14-9-21)30(39)28(20-23-18-22(2)29-27(19-23)43-32(41)35(29)3)44-33(42)37-15-11-25(12-16-37)38-17-10-24-6-4-5-7-26(24)34-31(38)40;1-3-14-10(13)9(12)11-6-4-8(2)5-7-11;/h4-7,18-19,21,25,28H,8-17,20H2,1-3H3,(H,34,40);8H,3-7H2,1-2H3;1H4/t28-;;/m1../s1. The molecule has 0 aliphatic carbocycles. The quantitative estimate of drug-likeness (QED) is 0.241. The van der Waals surface area contributed by atoms with Gasteiger partial charge in [-0.25, -0.2) is 19.2 Å². The van der Waals surface area contributed by atoms with Crippen molar-refractivity contribution < 1.29 is 37.9 Å². The van der Waals surface area contributed by atoms with Crippen LogP contribution >= 0.6 is 0 Å². The van der Waals surface area contributed by atoms with E-state index in [0.717, 1.165) is 54.5 Å². The lowest BCUT2D eigenvalue weighted by atomic mass is 9.98. The average molecular weight is 819 g/mol. The summed E-state index contributed by atoms with van der Waals surface area (Å²) in [6, 6.07) is 11.4. The van der Waals surface area contributed by atoms with Crippen molar-refractivity contribution in [3.8, 4) is 0 Å². The van der Waals surface area contributed by atoms with Gasteiger partial charge in [-0.2, -0.15) is 0 Å². The molecule has 0 bridgehead atoms. The van der Waals surface area contributed by atoms with Crippen molar-refractivity contribution in [1.82, 2.24) is 24.2 Å². The molecule has 0 unspecified atom stereocenters. The van der Waals surface area contributed by atoms with E-state index in [-0.39, 0.29) is 38.4 Å². The predicted octanol–water partition coefficient (Wildman–Crippen LogP) is 5.74. The molecule has 1 aromatic heterocycles. The van der Waals surface area contributed by atoms with E-state index >= 15 is 0 Å². The van der Waals surface area contributed by atoms with Crippen molar-refractivity contribution in [2.24, 2.45) is 18.9 Å². The van der Waals surface area contributed by atoms with E-state index < -0.39 is 29.8 Å². The summed E-state index contributed by atoms with van der Waals surface area (Å²) in [6.07, 6.45) is 4.46. The van der Waals surface area contributed by atoms with E-state index in [2.05, 4.69) is 23.9 Å². The van der Waals surface area contributed by atoms with Crippen molar-refractivity contribution in [3.63, 3.8) is 0 Å². The fraction of sp³-hybridized carbons (Fsp3) is 0.591. The van der Waals surface area contributed by atoms with E-state index in [1.54, 1.807) is 34.7 Å². The van der Waals surface area contributed by atoms with Crippen LogP contribution < -0.4 is 11.1 Å². The zero-order chi connectivity index (χ0) is 41.5. The number of aromatic nitrogens is 1. The molecule has 59 heavy (non-hydrogen) atoms. The maximum absolute atomic E-state index is 13.8. The third-order valence-electron chi connectivity index (χ3n) is 12.0. The Bertz CT molecular complexity index is 2020. The van der Waals surface area contributed by atoms with Crippen molar-refractivity contribution in [1.29, 1.82) is 0 Å². The molecule has 5 amide bonds. The van der Waals surface area contributed by atoms with Gasteiger partial charge >= 0.3 is 29.8 Å². The van der Waals surface area contributed by atoms with Gasteiger partial charge in [0.15, 0.2) is 11.7 Å². The number of oxazole rings is 1. The second-order valence-electron chi connectivity index (χ2n) is 16.2. The molecule has 322 valence electrons. The van der Waals surface area contributed by atoms with E-state index in [1.165, 1.54) is 4.57 Å². The lowest BCUT2D eigenvalue weighted by Gasteiger charge is -2.38. The van der Waals surface area contributed by atoms with Crippen LogP contribution in [0.3, 0.4) is 0 Å². The fourth-order valence-corrected chi connectivity index (χ4v) is 8.35.